The van der Waals surface area contributed by atoms with Crippen LogP contribution in [0.3, 0.4) is 0 Å². The van der Waals surface area contributed by atoms with Crippen LogP contribution in [0.25, 0.3) is 5.59 Å². The molecule has 3 N–H and O–H groups in total. The summed E-state index contributed by atoms with van der Waals surface area (Å²) in [5.74, 6) is 0.295. The van der Waals surface area contributed by atoms with Gasteiger partial charge >= 0.3 is 0 Å². The largest absolute Gasteiger partial charge is 0.523 e. The van der Waals surface area contributed by atoms with Crippen LogP contribution < -0.4 is 10.7 Å². The van der Waals surface area contributed by atoms with Crippen molar-refractivity contribution in [2.75, 3.05) is 6.54 Å². The van der Waals surface area contributed by atoms with Gasteiger partial charge in [0.15, 0.2) is 0 Å². The molecule has 17 heavy (non-hydrogen) atoms. The minimum atomic E-state index is -0.415. The molecule has 1 aromatic rings. The third-order valence-corrected chi connectivity index (χ3v) is 2.39. The van der Waals surface area contributed by atoms with Crippen LogP contribution >= 0.6 is 0 Å². The number of nitrogens with one attached hydrogen (secondary N) is 1. The molecule has 0 aromatic heterocycles. The minimum absolute atomic E-state index is 0.0967. The number of nitro benzene ring substituents is 1. The zero-order valence-electron chi connectivity index (χ0n) is 9.00. The number of nitrogens with two attached hydrogens (primary N) is 1. The van der Waals surface area contributed by atoms with E-state index in [0.717, 1.165) is 17.0 Å². The number of benzene rings is 1. The van der Waals surface area contributed by atoms with Gasteiger partial charge in [-0.2, -0.15) is 0 Å². The zero-order chi connectivity index (χ0) is 12.3. The summed E-state index contributed by atoms with van der Waals surface area (Å²) in [7, 11) is 0. The highest BCUT2D eigenvalue weighted by Gasteiger charge is 2.08. The van der Waals surface area contributed by atoms with Crippen LogP contribution in [-0.4, -0.2) is 11.5 Å². The Labute approximate surface area is 97.5 Å². The molecule has 90 valence electrons. The smallest absolute Gasteiger partial charge is 0.269 e. The number of nitro groups is 1. The van der Waals surface area contributed by atoms with E-state index in [0.29, 0.717) is 12.4 Å². The highest BCUT2D eigenvalue weighted by atomic mass is 16.7. The lowest BCUT2D eigenvalue weighted by atomic mass is 10.1. The van der Waals surface area contributed by atoms with Crippen molar-refractivity contribution in [1.82, 2.24) is 0 Å². The molecule has 7 heteroatoms. The van der Waals surface area contributed by atoms with Gasteiger partial charge in [0.25, 0.3) is 5.69 Å². The monoisotopic (exact) mass is 236 g/mol. The fourth-order valence-electron chi connectivity index (χ4n) is 1.50. The lowest BCUT2D eigenvalue weighted by molar-refractivity contribution is -0.814. The van der Waals surface area contributed by atoms with Gasteiger partial charge in [0, 0.05) is 18.6 Å². The van der Waals surface area contributed by atoms with Crippen LogP contribution in [0.5, 0.6) is 0 Å². The number of quaternary nitrogens is 1. The maximum Gasteiger partial charge on any atom is 0.269 e. The highest BCUT2D eigenvalue weighted by molar-refractivity contribution is 5.32. The second-order valence-corrected chi connectivity index (χ2v) is 3.64. The van der Waals surface area contributed by atoms with Crippen molar-refractivity contribution in [3.8, 4) is 0 Å². The summed E-state index contributed by atoms with van der Waals surface area (Å²) < 4.78 is 0. The molecule has 0 radical (unpaired) electrons. The first-order valence-electron chi connectivity index (χ1n) is 5.09. The molecule has 0 aliphatic carbocycles. The van der Waals surface area contributed by atoms with Gasteiger partial charge in [0.1, 0.15) is 6.20 Å². The summed E-state index contributed by atoms with van der Waals surface area (Å²) in [4.78, 5) is 14.8. The molecule has 1 aromatic carbocycles. The van der Waals surface area contributed by atoms with Crippen molar-refractivity contribution in [1.29, 1.82) is 0 Å². The van der Waals surface area contributed by atoms with Gasteiger partial charge in [-0.1, -0.05) is 12.1 Å². The van der Waals surface area contributed by atoms with Crippen molar-refractivity contribution >= 4 is 5.69 Å². The summed E-state index contributed by atoms with van der Waals surface area (Å²) in [6, 6.07) is 6.46. The number of non-ortho nitro benzene ring substituents is 1. The van der Waals surface area contributed by atoms with Gasteiger partial charge in [-0.25, -0.2) is 0 Å². The van der Waals surface area contributed by atoms with Crippen LogP contribution in [0, 0.1) is 10.1 Å². The van der Waals surface area contributed by atoms with Gasteiger partial charge in [-0.05, 0) is 5.56 Å². The Balaban J connectivity index is 1.89. The Bertz CT molecular complexity index is 443. The van der Waals surface area contributed by atoms with E-state index in [1.807, 2.05) is 0 Å². The average molecular weight is 236 g/mol. The molecular weight excluding hydrogens is 224 g/mol. The van der Waals surface area contributed by atoms with E-state index in [9.17, 15) is 10.1 Å². The minimum Gasteiger partial charge on any atom is -0.523 e. The molecule has 0 spiro atoms. The van der Waals surface area contributed by atoms with E-state index in [1.165, 1.54) is 12.1 Å². The second-order valence-electron chi connectivity index (χ2n) is 3.64. The fourth-order valence-corrected chi connectivity index (χ4v) is 1.50. The first kappa shape index (κ1) is 11.4. The third-order valence-electron chi connectivity index (χ3n) is 2.39. The topological polar surface area (TPSA) is 96.9 Å². The summed E-state index contributed by atoms with van der Waals surface area (Å²) >= 11 is 0. The maximum atomic E-state index is 10.5. The van der Waals surface area contributed by atoms with E-state index in [4.69, 9.17) is 10.6 Å². The Morgan fingerprint density at radius 2 is 2.12 bits per heavy atom. The molecule has 1 unspecified atom stereocenters. The fraction of sp³-hybridized carbons (Fsp3) is 0.200. The predicted octanol–water partition coefficient (Wildman–Crippen LogP) is 0.0137. The molecule has 0 bridgehead atoms. The first-order valence-corrected chi connectivity index (χ1v) is 5.09. The van der Waals surface area contributed by atoms with Crippen molar-refractivity contribution in [3.63, 3.8) is 0 Å². The molecule has 0 saturated carbocycles. The summed E-state index contributed by atoms with van der Waals surface area (Å²) in [6.45, 7) is 0.693. The second kappa shape index (κ2) is 4.81. The summed E-state index contributed by atoms with van der Waals surface area (Å²) in [5, 5.41) is 11.2. The van der Waals surface area contributed by atoms with Crippen LogP contribution in [0.4, 0.5) is 5.69 Å². The van der Waals surface area contributed by atoms with Gasteiger partial charge in [-0.15, -0.1) is 0 Å². The van der Waals surface area contributed by atoms with E-state index < -0.39 is 4.92 Å². The van der Waals surface area contributed by atoms with Crippen molar-refractivity contribution < 1.29 is 14.8 Å². The lowest BCUT2D eigenvalue weighted by Gasteiger charge is -2.19. The lowest BCUT2D eigenvalue weighted by Crippen LogP contribution is -3.02. The molecule has 1 atom stereocenters. The van der Waals surface area contributed by atoms with Crippen molar-refractivity contribution in [3.05, 3.63) is 57.6 Å². The Kier molecular flexibility index (Phi) is 3.22. The Morgan fingerprint density at radius 1 is 1.41 bits per heavy atom. The number of nitrogens with zero attached hydrogens (tertiary/aromatic N) is 2. The van der Waals surface area contributed by atoms with Gasteiger partial charge in [-0.3, -0.25) is 15.7 Å². The third kappa shape index (κ3) is 2.92. The van der Waals surface area contributed by atoms with Crippen LogP contribution in [0.1, 0.15) is 5.56 Å². The number of hydrogen-bond donors (Lipinski definition) is 2. The Hall–Kier alpha value is -2.12. The van der Waals surface area contributed by atoms with Crippen molar-refractivity contribution in [2.24, 2.45) is 5.73 Å². The maximum absolute atomic E-state index is 10.5. The molecule has 0 saturated heterocycles. The SMILES string of the molecule is NC1=C[NH+](CCc2ccc([N+](=O)[O-])cc2)[N-]O1. The molecule has 0 fully saturated rings. The van der Waals surface area contributed by atoms with Crippen LogP contribution in [0.2, 0.25) is 0 Å². The van der Waals surface area contributed by atoms with Crippen LogP contribution in [0.15, 0.2) is 36.3 Å². The normalized spacial score (nSPS) is 18.6. The van der Waals surface area contributed by atoms with Crippen LogP contribution in [-0.2, 0) is 11.3 Å². The van der Waals surface area contributed by atoms with Crippen molar-refractivity contribution in [2.45, 2.75) is 6.42 Å². The van der Waals surface area contributed by atoms with E-state index in [1.54, 1.807) is 18.3 Å². The number of hydrogen-bond acceptors (Lipinski definition) is 4. The van der Waals surface area contributed by atoms with Gasteiger partial charge in [0.05, 0.1) is 11.5 Å². The summed E-state index contributed by atoms with van der Waals surface area (Å²) in [6.07, 6.45) is 2.41. The summed E-state index contributed by atoms with van der Waals surface area (Å²) in [5.41, 5.74) is 10.3. The van der Waals surface area contributed by atoms with E-state index in [-0.39, 0.29) is 5.69 Å². The van der Waals surface area contributed by atoms with Gasteiger partial charge < -0.3 is 15.6 Å². The van der Waals surface area contributed by atoms with Gasteiger partial charge in [0.2, 0.25) is 5.88 Å². The predicted molar refractivity (Wildman–Crippen MR) is 59.3 cm³/mol. The molecule has 1 aliphatic heterocycles. The van der Waals surface area contributed by atoms with E-state index >= 15 is 0 Å². The molecule has 0 amide bonds. The van der Waals surface area contributed by atoms with E-state index in [2.05, 4.69) is 5.59 Å². The highest BCUT2D eigenvalue weighted by Crippen LogP contribution is 2.11. The molecule has 1 heterocycles. The quantitative estimate of drug-likeness (QED) is 0.568. The molecule has 2 rings (SSSR count). The standard InChI is InChI=1S/C10H12N4O3/c11-10-7-13(12-17-10)6-5-8-1-3-9(4-2-8)14(15)16/h1-4,7,13H,5-6,11H2. The molecule has 7 nitrogen and oxygen atoms in total. The zero-order valence-corrected chi connectivity index (χ0v) is 9.00. The molecular formula is C10H12N4O3. The average Bonchev–Trinajstić information content (AvgIpc) is 2.73. The first-order chi connectivity index (χ1) is 8.15. The number of rotatable bonds is 4. The Morgan fingerprint density at radius 3 is 2.65 bits per heavy atom. The molecule has 1 aliphatic rings.